The predicted octanol–water partition coefficient (Wildman–Crippen LogP) is 4.52. The third-order valence-electron chi connectivity index (χ3n) is 20.5. The van der Waals surface area contributed by atoms with Crippen LogP contribution in [0.15, 0.2) is 72.3 Å². The molecule has 0 radical (unpaired) electrons. The number of carbonyl (C=O) groups is 2. The topological polar surface area (TPSA) is 276 Å². The normalized spacial score (nSPS) is 45.7. The zero-order valence-corrected chi connectivity index (χ0v) is 49.1. The molecule has 0 unspecified atom stereocenters. The minimum atomic E-state index is -1.67. The summed E-state index contributed by atoms with van der Waals surface area (Å²) in [5.41, 5.74) is -0.301. The molecule has 0 bridgehead atoms. The summed E-state index contributed by atoms with van der Waals surface area (Å²) in [5, 5.41) is 65.9. The van der Waals surface area contributed by atoms with Gasteiger partial charge in [0.2, 0.25) is 0 Å². The van der Waals surface area contributed by atoms with Gasteiger partial charge in [-0.3, -0.25) is 0 Å². The highest BCUT2D eigenvalue weighted by molar-refractivity contribution is 5.90. The first-order valence-corrected chi connectivity index (χ1v) is 29.8. The van der Waals surface area contributed by atoms with E-state index in [-0.39, 0.29) is 35.7 Å². The van der Waals surface area contributed by atoms with Crippen molar-refractivity contribution < 1.29 is 102 Å². The van der Waals surface area contributed by atoms with Gasteiger partial charge in [0.25, 0.3) is 0 Å². The Morgan fingerprint density at radius 3 is 1.83 bits per heavy atom. The predicted molar refractivity (Wildman–Crippen MR) is 293 cm³/mol. The molecule has 83 heavy (non-hydrogen) atoms. The molecule has 8 aliphatic rings. The van der Waals surface area contributed by atoms with Gasteiger partial charge < -0.3 is 92.2 Å². The van der Waals surface area contributed by atoms with Crippen molar-refractivity contribution in [2.75, 3.05) is 27.9 Å². The molecule has 27 atom stereocenters. The first kappa shape index (κ1) is 62.5. The van der Waals surface area contributed by atoms with E-state index < -0.39 is 152 Å². The molecule has 4 aliphatic carbocycles. The zero-order chi connectivity index (χ0) is 59.3. The third-order valence-corrected chi connectivity index (χ3v) is 20.5. The second kappa shape index (κ2) is 25.6. The van der Waals surface area contributed by atoms with Gasteiger partial charge in [0, 0.05) is 45.5 Å². The number of ether oxygens (including phenoxy) is 13. The van der Waals surface area contributed by atoms with Crippen LogP contribution >= 0.6 is 0 Å². The lowest BCUT2D eigenvalue weighted by Crippen LogP contribution is -2.67. The van der Waals surface area contributed by atoms with Crippen molar-refractivity contribution in [3.8, 4) is 0 Å². The molecule has 4 aliphatic heterocycles. The molecule has 0 spiro atoms. The fourth-order valence-corrected chi connectivity index (χ4v) is 15.8. The number of aliphatic hydroxyl groups is 6. The quantitative estimate of drug-likeness (QED) is 0.0938. The van der Waals surface area contributed by atoms with E-state index in [1.807, 2.05) is 45.0 Å². The lowest BCUT2D eigenvalue weighted by molar-refractivity contribution is -0.373. The second-order valence-electron chi connectivity index (χ2n) is 24.9. The second-order valence-corrected chi connectivity index (χ2v) is 24.9. The summed E-state index contributed by atoms with van der Waals surface area (Å²) >= 11 is 0. The lowest BCUT2D eigenvalue weighted by Gasteiger charge is -2.63. The number of benzene rings is 2. The number of allylic oxidation sites excluding steroid dienone is 1. The van der Waals surface area contributed by atoms with Gasteiger partial charge in [0.1, 0.15) is 67.1 Å². The van der Waals surface area contributed by atoms with E-state index >= 15 is 0 Å². The highest BCUT2D eigenvalue weighted by Gasteiger charge is 2.72. The SMILES string of the molecule is CO[C@H]1[C@@H](O)[C@H](O[C@H]2[C@@H](OC)C[C@H](O[C@H]3[C@@H](OC)C[C@H](O[C@H]4CC[C@@]5(C)C(=CC[C@@H]6[C@@H]5C[C@@H](OC(=O)c5ccccc5)[C@]5(C)[C@@H]([C@@H](C)OC(=O)c7ccccc7)CC[C@]65O)C4)O[C@@H]3C)O[C@@H]2C)O[C@H](C)[C@H]1O[C@@H]1O[C@H](CO)[C@@H](O)[C@H](O)[C@H]1O. The van der Waals surface area contributed by atoms with Gasteiger partial charge in [-0.15, -0.1) is 0 Å². The molecule has 3 saturated carbocycles. The molecule has 4 heterocycles. The van der Waals surface area contributed by atoms with E-state index in [0.717, 1.165) is 12.8 Å². The minimum absolute atomic E-state index is 0.00960. The molecule has 2 aromatic carbocycles. The largest absolute Gasteiger partial charge is 0.459 e. The van der Waals surface area contributed by atoms with E-state index in [9.17, 15) is 40.2 Å². The molecule has 462 valence electrons. The summed E-state index contributed by atoms with van der Waals surface area (Å²) in [5.74, 6) is -1.29. The van der Waals surface area contributed by atoms with Crippen LogP contribution in [0.2, 0.25) is 0 Å². The first-order chi connectivity index (χ1) is 39.7. The molecular formula is C62H88O21. The Balaban J connectivity index is 0.760. The van der Waals surface area contributed by atoms with Crippen molar-refractivity contribution in [3.63, 3.8) is 0 Å². The van der Waals surface area contributed by atoms with E-state index in [4.69, 9.17) is 61.6 Å². The fourth-order valence-electron chi connectivity index (χ4n) is 15.8. The summed E-state index contributed by atoms with van der Waals surface area (Å²) in [6, 6.07) is 17.9. The highest BCUT2D eigenvalue weighted by atomic mass is 16.8. The number of esters is 2. The first-order valence-electron chi connectivity index (χ1n) is 29.8. The van der Waals surface area contributed by atoms with Crippen LogP contribution in [0.1, 0.15) is 120 Å². The fraction of sp³-hybridized carbons (Fsp3) is 0.742. The van der Waals surface area contributed by atoms with Gasteiger partial charge in [0.15, 0.2) is 25.2 Å². The molecule has 2 aromatic rings. The highest BCUT2D eigenvalue weighted by Crippen LogP contribution is 2.69. The third kappa shape index (κ3) is 11.9. The molecule has 4 saturated heterocycles. The smallest absolute Gasteiger partial charge is 0.338 e. The van der Waals surface area contributed by atoms with Gasteiger partial charge in [-0.25, -0.2) is 9.59 Å². The Bertz CT molecular complexity index is 2520. The van der Waals surface area contributed by atoms with Crippen LogP contribution < -0.4 is 0 Å². The van der Waals surface area contributed by atoms with Gasteiger partial charge in [-0.1, -0.05) is 61.9 Å². The van der Waals surface area contributed by atoms with Crippen LogP contribution in [0, 0.1) is 28.6 Å². The van der Waals surface area contributed by atoms with Crippen molar-refractivity contribution in [1.82, 2.24) is 0 Å². The zero-order valence-electron chi connectivity index (χ0n) is 49.1. The van der Waals surface area contributed by atoms with E-state index in [2.05, 4.69) is 19.9 Å². The monoisotopic (exact) mass is 1170 g/mol. The summed E-state index contributed by atoms with van der Waals surface area (Å²) < 4.78 is 81.2. The molecule has 7 fully saturated rings. The number of methoxy groups -OCH3 is 3. The summed E-state index contributed by atoms with van der Waals surface area (Å²) in [4.78, 5) is 27.5. The van der Waals surface area contributed by atoms with Crippen molar-refractivity contribution in [1.29, 1.82) is 0 Å². The van der Waals surface area contributed by atoms with E-state index in [0.29, 0.717) is 49.7 Å². The van der Waals surface area contributed by atoms with E-state index in [1.54, 1.807) is 57.5 Å². The maximum Gasteiger partial charge on any atom is 0.338 e. The number of fused-ring (bicyclic) bond motifs is 5. The number of rotatable bonds is 17. The van der Waals surface area contributed by atoms with Crippen molar-refractivity contribution >= 4 is 11.9 Å². The Kier molecular flexibility index (Phi) is 19.3. The van der Waals surface area contributed by atoms with Crippen LogP contribution in [0.5, 0.6) is 0 Å². The molecule has 6 N–H and O–H groups in total. The van der Waals surface area contributed by atoms with Crippen LogP contribution in [-0.4, -0.2) is 205 Å². The Morgan fingerprint density at radius 1 is 0.639 bits per heavy atom. The number of hydrogen-bond donors (Lipinski definition) is 6. The summed E-state index contributed by atoms with van der Waals surface area (Å²) in [6.07, 6.45) is -11.9. The minimum Gasteiger partial charge on any atom is -0.459 e. The van der Waals surface area contributed by atoms with E-state index in [1.165, 1.54) is 12.7 Å². The maximum atomic E-state index is 14.1. The van der Waals surface area contributed by atoms with Crippen LogP contribution in [0.25, 0.3) is 0 Å². The maximum absolute atomic E-state index is 14.1. The van der Waals surface area contributed by atoms with Crippen LogP contribution in [0.3, 0.4) is 0 Å². The summed E-state index contributed by atoms with van der Waals surface area (Å²) in [6.45, 7) is 11.0. The van der Waals surface area contributed by atoms with Crippen molar-refractivity contribution in [2.24, 2.45) is 28.6 Å². The molecule has 0 aromatic heterocycles. The van der Waals surface area contributed by atoms with Crippen molar-refractivity contribution in [2.45, 2.75) is 234 Å². The van der Waals surface area contributed by atoms with Gasteiger partial charge in [-0.2, -0.15) is 0 Å². The number of hydrogen-bond acceptors (Lipinski definition) is 21. The Hall–Kier alpha value is -3.56. The Labute approximate surface area is 486 Å². The van der Waals surface area contributed by atoms with Gasteiger partial charge >= 0.3 is 11.9 Å². The van der Waals surface area contributed by atoms with Crippen LogP contribution in [-0.2, 0) is 61.6 Å². The van der Waals surface area contributed by atoms with Gasteiger partial charge in [-0.05, 0) is 114 Å². The molecular weight excluding hydrogens is 1080 g/mol. The van der Waals surface area contributed by atoms with Crippen LogP contribution in [0.4, 0.5) is 0 Å². The molecule has 21 heteroatoms. The number of carbonyl (C=O) groups excluding carboxylic acids is 2. The summed E-state index contributed by atoms with van der Waals surface area (Å²) in [7, 11) is 4.56. The van der Waals surface area contributed by atoms with Gasteiger partial charge in [0.05, 0.1) is 60.0 Å². The molecule has 10 rings (SSSR count). The Morgan fingerprint density at radius 2 is 1.22 bits per heavy atom. The lowest BCUT2D eigenvalue weighted by atomic mass is 9.44. The standard InChI is InChI=1S/C62H88O21/c1-31(76-56(68)35-16-12-10-13-17-35)39-23-25-62(70)40-21-20-37-26-38(22-24-60(37,5)41(40)27-45(61(39,62)6)80-57(69)36-18-14-11-15-19-36)78-46-28-42(71-7)52(32(2)74-46)81-47-29-43(72-8)53(33(3)75-47)82-59-51(67)55(73-9)54(34(4)77-59)83-58-50(66)49(65)48(64)44(30-63)79-58/h10-20,31-34,38-55,58-59,63-67,70H,21-30H2,1-9H3/t31-,32-,33-,34-,38+,39-,40-,41+,42+,43+,44-,45-,46+,47+,48-,49+,50-,51-,52-,53-,54-,55+,58+,59+,60+,61+,62+/m1/s1. The molecule has 0 amide bonds. The number of aliphatic hydroxyl groups excluding tert-OH is 5. The average molecular weight is 1170 g/mol. The molecule has 21 nitrogen and oxygen atoms in total. The van der Waals surface area contributed by atoms with Crippen molar-refractivity contribution in [3.05, 3.63) is 83.4 Å². The average Bonchev–Trinajstić information content (AvgIpc) is 2.38.